The Morgan fingerprint density at radius 2 is 2.37 bits per heavy atom. The lowest BCUT2D eigenvalue weighted by molar-refractivity contribution is 0.0931. The Morgan fingerprint density at radius 1 is 1.58 bits per heavy atom. The quantitative estimate of drug-likeness (QED) is 0.905. The molecule has 6 heteroatoms. The average Bonchev–Trinajstić information content (AvgIpc) is 2.89. The van der Waals surface area contributed by atoms with Crippen LogP contribution in [0.5, 0.6) is 5.75 Å². The second-order valence-electron chi connectivity index (χ2n) is 3.97. The van der Waals surface area contributed by atoms with Gasteiger partial charge >= 0.3 is 0 Å². The van der Waals surface area contributed by atoms with E-state index in [1.54, 1.807) is 6.20 Å². The van der Waals surface area contributed by atoms with Gasteiger partial charge in [-0.2, -0.15) is 0 Å². The third-order valence-electron chi connectivity index (χ3n) is 2.66. The Bertz CT molecular complexity index is 572. The Labute approximate surface area is 113 Å². The van der Waals surface area contributed by atoms with Crippen LogP contribution in [0.4, 0.5) is 4.39 Å². The summed E-state index contributed by atoms with van der Waals surface area (Å²) in [5.41, 5.74) is -0.0900. The van der Waals surface area contributed by atoms with E-state index in [0.29, 0.717) is 6.42 Å². The molecular weight excluding hydrogens is 267 g/mol. The number of thiazole rings is 1. The Hall–Kier alpha value is -1.95. The van der Waals surface area contributed by atoms with Gasteiger partial charge in [0.05, 0.1) is 11.6 Å². The van der Waals surface area contributed by atoms with E-state index < -0.39 is 11.7 Å². The minimum absolute atomic E-state index is 0.0900. The van der Waals surface area contributed by atoms with E-state index >= 15 is 0 Å². The van der Waals surface area contributed by atoms with Gasteiger partial charge in [-0.3, -0.25) is 4.79 Å². The van der Waals surface area contributed by atoms with E-state index in [1.807, 2.05) is 12.3 Å². The van der Waals surface area contributed by atoms with E-state index in [0.717, 1.165) is 11.1 Å². The summed E-state index contributed by atoms with van der Waals surface area (Å²) >= 11 is 1.44. The molecule has 0 aliphatic heterocycles. The van der Waals surface area contributed by atoms with E-state index in [9.17, 15) is 9.18 Å². The van der Waals surface area contributed by atoms with Gasteiger partial charge in [-0.25, -0.2) is 9.37 Å². The van der Waals surface area contributed by atoms with Crippen LogP contribution in [0.3, 0.4) is 0 Å². The maximum atomic E-state index is 13.6. The number of nitrogens with zero attached hydrogens (tertiary/aromatic N) is 1. The summed E-state index contributed by atoms with van der Waals surface area (Å²) in [7, 11) is 0. The van der Waals surface area contributed by atoms with Gasteiger partial charge in [-0.1, -0.05) is 6.92 Å². The van der Waals surface area contributed by atoms with Gasteiger partial charge in [0, 0.05) is 17.6 Å². The van der Waals surface area contributed by atoms with E-state index in [1.165, 1.54) is 23.5 Å². The van der Waals surface area contributed by atoms with Crippen LogP contribution in [-0.4, -0.2) is 16.0 Å². The lowest BCUT2D eigenvalue weighted by Crippen LogP contribution is -2.28. The number of aromatic hydroxyl groups is 1. The molecule has 0 fully saturated rings. The number of carbonyl (C=O) groups is 1. The van der Waals surface area contributed by atoms with Crippen molar-refractivity contribution in [2.75, 3.05) is 0 Å². The molecule has 0 aliphatic carbocycles. The lowest BCUT2D eigenvalue weighted by Gasteiger charge is -2.14. The van der Waals surface area contributed by atoms with Gasteiger partial charge in [0.25, 0.3) is 5.91 Å². The lowest BCUT2D eigenvalue weighted by atomic mass is 10.1. The summed E-state index contributed by atoms with van der Waals surface area (Å²) in [6, 6.07) is 3.22. The first kappa shape index (κ1) is 13.5. The van der Waals surface area contributed by atoms with Gasteiger partial charge in [0.15, 0.2) is 0 Å². The molecule has 0 radical (unpaired) electrons. The number of carbonyl (C=O) groups excluding carboxylic acids is 1. The number of nitrogens with one attached hydrogen (secondary N) is 1. The molecule has 0 aliphatic rings. The third kappa shape index (κ3) is 3.08. The first-order valence-corrected chi connectivity index (χ1v) is 6.68. The average molecular weight is 280 g/mol. The van der Waals surface area contributed by atoms with Crippen molar-refractivity contribution in [3.8, 4) is 5.75 Å². The third-order valence-corrected chi connectivity index (χ3v) is 3.55. The predicted octanol–water partition coefficient (Wildman–Crippen LogP) is 2.87. The van der Waals surface area contributed by atoms with Crippen LogP contribution < -0.4 is 5.32 Å². The zero-order valence-electron chi connectivity index (χ0n) is 10.3. The maximum absolute atomic E-state index is 13.6. The maximum Gasteiger partial charge on any atom is 0.254 e. The van der Waals surface area contributed by atoms with Crippen molar-refractivity contribution in [3.05, 3.63) is 46.2 Å². The van der Waals surface area contributed by atoms with Crippen molar-refractivity contribution in [1.29, 1.82) is 0 Å². The fraction of sp³-hybridized carbons (Fsp3) is 0.231. The molecular formula is C13H13FN2O2S. The largest absolute Gasteiger partial charge is 0.508 e. The van der Waals surface area contributed by atoms with Gasteiger partial charge in [0.1, 0.15) is 16.6 Å². The molecule has 1 atom stereocenters. The highest BCUT2D eigenvalue weighted by Gasteiger charge is 2.18. The summed E-state index contributed by atoms with van der Waals surface area (Å²) in [5.74, 6) is -1.47. The van der Waals surface area contributed by atoms with Crippen molar-refractivity contribution in [1.82, 2.24) is 10.3 Å². The highest BCUT2D eigenvalue weighted by Crippen LogP contribution is 2.20. The van der Waals surface area contributed by atoms with Crippen molar-refractivity contribution >= 4 is 17.2 Å². The first-order chi connectivity index (χ1) is 9.11. The molecule has 2 N–H and O–H groups in total. The van der Waals surface area contributed by atoms with Crippen LogP contribution in [0.25, 0.3) is 0 Å². The predicted molar refractivity (Wildman–Crippen MR) is 70.7 cm³/mol. The van der Waals surface area contributed by atoms with Crippen molar-refractivity contribution < 1.29 is 14.3 Å². The molecule has 2 aromatic rings. The van der Waals surface area contributed by atoms with Gasteiger partial charge in [-0.15, -0.1) is 11.3 Å². The number of hydrogen-bond acceptors (Lipinski definition) is 4. The molecule has 0 saturated heterocycles. The molecule has 1 amide bonds. The molecule has 1 unspecified atom stereocenters. The summed E-state index contributed by atoms with van der Waals surface area (Å²) in [6.45, 7) is 1.92. The number of aromatic nitrogens is 1. The van der Waals surface area contributed by atoms with Gasteiger partial charge in [0.2, 0.25) is 0 Å². The molecule has 1 aromatic heterocycles. The zero-order chi connectivity index (χ0) is 13.8. The molecule has 19 heavy (non-hydrogen) atoms. The SMILES string of the molecule is CCC(NC(=O)c1ccc(O)cc1F)c1nccs1. The van der Waals surface area contributed by atoms with Crippen LogP contribution in [-0.2, 0) is 0 Å². The normalized spacial score (nSPS) is 12.1. The van der Waals surface area contributed by atoms with Crippen LogP contribution in [0, 0.1) is 5.82 Å². The fourth-order valence-electron chi connectivity index (χ4n) is 1.67. The number of phenols is 1. The van der Waals surface area contributed by atoms with Gasteiger partial charge in [-0.05, 0) is 18.6 Å². The number of benzene rings is 1. The molecule has 0 bridgehead atoms. The topological polar surface area (TPSA) is 62.2 Å². The summed E-state index contributed by atoms with van der Waals surface area (Å²) in [6.07, 6.45) is 2.33. The zero-order valence-corrected chi connectivity index (χ0v) is 11.1. The number of rotatable bonds is 4. The summed E-state index contributed by atoms with van der Waals surface area (Å²) in [5, 5.41) is 14.5. The number of amides is 1. The van der Waals surface area contributed by atoms with Crippen LogP contribution in [0.2, 0.25) is 0 Å². The van der Waals surface area contributed by atoms with E-state index in [4.69, 9.17) is 5.11 Å². The molecule has 0 spiro atoms. The van der Waals surface area contributed by atoms with Crippen LogP contribution in [0.1, 0.15) is 34.8 Å². The standard InChI is InChI=1S/C13H13FN2O2S/c1-2-11(13-15-5-6-19-13)16-12(18)9-4-3-8(17)7-10(9)14/h3-7,11,17H,2H2,1H3,(H,16,18). The summed E-state index contributed by atoms with van der Waals surface area (Å²) < 4.78 is 13.6. The Balaban J connectivity index is 2.16. The second-order valence-corrected chi connectivity index (χ2v) is 4.89. The van der Waals surface area contributed by atoms with Gasteiger partial charge < -0.3 is 10.4 Å². The smallest absolute Gasteiger partial charge is 0.254 e. The minimum atomic E-state index is -0.744. The van der Waals surface area contributed by atoms with Crippen LogP contribution in [0.15, 0.2) is 29.8 Å². The molecule has 0 saturated carbocycles. The minimum Gasteiger partial charge on any atom is -0.508 e. The molecule has 2 rings (SSSR count). The number of hydrogen-bond donors (Lipinski definition) is 2. The molecule has 4 nitrogen and oxygen atoms in total. The van der Waals surface area contributed by atoms with E-state index in [2.05, 4.69) is 10.3 Å². The number of phenolic OH excluding ortho intramolecular Hbond substituents is 1. The van der Waals surface area contributed by atoms with E-state index in [-0.39, 0.29) is 17.4 Å². The summed E-state index contributed by atoms with van der Waals surface area (Å²) in [4.78, 5) is 16.1. The van der Waals surface area contributed by atoms with Crippen molar-refractivity contribution in [3.63, 3.8) is 0 Å². The first-order valence-electron chi connectivity index (χ1n) is 5.80. The fourth-order valence-corrected chi connectivity index (χ4v) is 2.44. The Morgan fingerprint density at radius 3 is 2.95 bits per heavy atom. The monoisotopic (exact) mass is 280 g/mol. The number of halogens is 1. The highest BCUT2D eigenvalue weighted by molar-refractivity contribution is 7.09. The second kappa shape index (κ2) is 5.79. The molecule has 100 valence electrons. The van der Waals surface area contributed by atoms with Crippen LogP contribution >= 0.6 is 11.3 Å². The highest BCUT2D eigenvalue weighted by atomic mass is 32.1. The molecule has 1 aromatic carbocycles. The Kier molecular flexibility index (Phi) is 4.11. The molecule has 1 heterocycles. The van der Waals surface area contributed by atoms with Crippen molar-refractivity contribution in [2.45, 2.75) is 19.4 Å². The van der Waals surface area contributed by atoms with Crippen molar-refractivity contribution in [2.24, 2.45) is 0 Å².